The number of fused-ring (bicyclic) bond motifs is 1. The second-order valence-electron chi connectivity index (χ2n) is 6.88. The van der Waals surface area contributed by atoms with Gasteiger partial charge in [-0.2, -0.15) is 9.97 Å². The molecule has 1 aliphatic heterocycles. The van der Waals surface area contributed by atoms with Gasteiger partial charge in [-0.3, -0.25) is 4.79 Å². The maximum atomic E-state index is 13.3. The Balaban J connectivity index is 1.61. The van der Waals surface area contributed by atoms with Crippen molar-refractivity contribution in [2.75, 3.05) is 19.7 Å². The van der Waals surface area contributed by atoms with Gasteiger partial charge in [0.05, 0.1) is 0 Å². The van der Waals surface area contributed by atoms with Gasteiger partial charge in [-0.15, -0.1) is 0 Å². The van der Waals surface area contributed by atoms with E-state index in [1.54, 1.807) is 19.1 Å². The van der Waals surface area contributed by atoms with Crippen molar-refractivity contribution in [1.29, 1.82) is 0 Å². The molecule has 0 saturated carbocycles. The van der Waals surface area contributed by atoms with Gasteiger partial charge < -0.3 is 14.2 Å². The van der Waals surface area contributed by atoms with Gasteiger partial charge in [0, 0.05) is 18.7 Å². The molecule has 4 rings (SSSR count). The van der Waals surface area contributed by atoms with E-state index in [0.29, 0.717) is 22.5 Å². The smallest absolute Gasteiger partial charge is 0.265 e. The third kappa shape index (κ3) is 3.81. The van der Waals surface area contributed by atoms with Crippen molar-refractivity contribution < 1.29 is 18.4 Å². The maximum Gasteiger partial charge on any atom is 0.265 e. The second kappa shape index (κ2) is 7.92. The Hall–Kier alpha value is -3.03. The summed E-state index contributed by atoms with van der Waals surface area (Å²) in [6, 6.07) is 5.87. The molecule has 1 amide bonds. The minimum atomic E-state index is -0.344. The minimum absolute atomic E-state index is 0.0638. The van der Waals surface area contributed by atoms with Gasteiger partial charge in [0.2, 0.25) is 5.88 Å². The Morgan fingerprint density at radius 1 is 1.14 bits per heavy atom. The SMILES string of the molecule is Cc1nc(OCC(=O)N2CCCCCC2)c2c(-c3ccc(F)cc3)noc2n1. The Bertz CT molecular complexity index is 979. The van der Waals surface area contributed by atoms with Crippen molar-refractivity contribution in [3.63, 3.8) is 0 Å². The average Bonchev–Trinajstić information content (AvgIpc) is 2.92. The normalized spacial score (nSPS) is 14.9. The first-order valence-corrected chi connectivity index (χ1v) is 9.42. The summed E-state index contributed by atoms with van der Waals surface area (Å²) in [6.07, 6.45) is 4.34. The molecule has 3 aromatic rings. The monoisotopic (exact) mass is 384 g/mol. The number of rotatable bonds is 4. The second-order valence-corrected chi connectivity index (χ2v) is 6.88. The molecule has 28 heavy (non-hydrogen) atoms. The number of carbonyl (C=O) groups excluding carboxylic acids is 1. The zero-order valence-corrected chi connectivity index (χ0v) is 15.7. The molecule has 0 aliphatic carbocycles. The fraction of sp³-hybridized carbons (Fsp3) is 0.400. The molecular weight excluding hydrogens is 363 g/mol. The molecule has 3 heterocycles. The predicted molar refractivity (Wildman–Crippen MR) is 100 cm³/mol. The van der Waals surface area contributed by atoms with Crippen LogP contribution in [-0.2, 0) is 4.79 Å². The van der Waals surface area contributed by atoms with Crippen molar-refractivity contribution in [3.05, 3.63) is 35.9 Å². The van der Waals surface area contributed by atoms with Crippen molar-refractivity contribution in [2.24, 2.45) is 0 Å². The van der Waals surface area contributed by atoms with Crippen molar-refractivity contribution in [3.8, 4) is 17.1 Å². The summed E-state index contributed by atoms with van der Waals surface area (Å²) in [4.78, 5) is 23.0. The third-order valence-corrected chi connectivity index (χ3v) is 4.82. The number of benzene rings is 1. The molecule has 0 radical (unpaired) electrons. The van der Waals surface area contributed by atoms with Crippen LogP contribution < -0.4 is 4.74 Å². The Labute approximate surface area is 161 Å². The highest BCUT2D eigenvalue weighted by Crippen LogP contribution is 2.33. The Morgan fingerprint density at radius 2 is 1.86 bits per heavy atom. The van der Waals surface area contributed by atoms with E-state index in [1.807, 2.05) is 4.90 Å². The topological polar surface area (TPSA) is 81.4 Å². The summed E-state index contributed by atoms with van der Waals surface area (Å²) in [5, 5.41) is 4.52. The first-order chi connectivity index (χ1) is 13.6. The van der Waals surface area contributed by atoms with E-state index in [2.05, 4.69) is 15.1 Å². The largest absolute Gasteiger partial charge is 0.467 e. The number of nitrogens with zero attached hydrogens (tertiary/aromatic N) is 4. The van der Waals surface area contributed by atoms with Crippen LogP contribution in [0.2, 0.25) is 0 Å². The number of ether oxygens (including phenoxy) is 1. The average molecular weight is 384 g/mol. The van der Waals surface area contributed by atoms with E-state index >= 15 is 0 Å². The molecule has 0 atom stereocenters. The molecular formula is C20H21FN4O3. The fourth-order valence-electron chi connectivity index (χ4n) is 3.38. The van der Waals surface area contributed by atoms with Crippen LogP contribution in [0.4, 0.5) is 4.39 Å². The van der Waals surface area contributed by atoms with E-state index < -0.39 is 0 Å². The molecule has 1 aromatic carbocycles. The first-order valence-electron chi connectivity index (χ1n) is 9.42. The van der Waals surface area contributed by atoms with Crippen LogP contribution in [0.1, 0.15) is 31.5 Å². The summed E-state index contributed by atoms with van der Waals surface area (Å²) in [7, 11) is 0. The minimum Gasteiger partial charge on any atom is -0.467 e. The highest BCUT2D eigenvalue weighted by molar-refractivity contribution is 5.93. The van der Waals surface area contributed by atoms with Crippen LogP contribution in [0.25, 0.3) is 22.4 Å². The molecule has 0 N–H and O–H groups in total. The Kier molecular flexibility index (Phi) is 5.18. The lowest BCUT2D eigenvalue weighted by Crippen LogP contribution is -2.35. The lowest BCUT2D eigenvalue weighted by Gasteiger charge is -2.20. The summed E-state index contributed by atoms with van der Waals surface area (Å²) in [5.41, 5.74) is 1.37. The molecule has 1 saturated heterocycles. The quantitative estimate of drug-likeness (QED) is 0.685. The Morgan fingerprint density at radius 3 is 2.57 bits per heavy atom. The predicted octanol–water partition coefficient (Wildman–Crippen LogP) is 3.51. The third-order valence-electron chi connectivity index (χ3n) is 4.82. The van der Waals surface area contributed by atoms with Gasteiger partial charge in [-0.1, -0.05) is 18.0 Å². The van der Waals surface area contributed by atoms with Gasteiger partial charge in [-0.25, -0.2) is 4.39 Å². The number of hydrogen-bond acceptors (Lipinski definition) is 6. The van der Waals surface area contributed by atoms with Gasteiger partial charge in [0.15, 0.2) is 6.61 Å². The van der Waals surface area contributed by atoms with Crippen LogP contribution in [0.15, 0.2) is 28.8 Å². The van der Waals surface area contributed by atoms with E-state index in [1.165, 1.54) is 12.1 Å². The molecule has 8 heteroatoms. The fourth-order valence-corrected chi connectivity index (χ4v) is 3.38. The van der Waals surface area contributed by atoms with Gasteiger partial charge in [0.25, 0.3) is 11.6 Å². The first kappa shape index (κ1) is 18.3. The molecule has 1 fully saturated rings. The molecule has 0 bridgehead atoms. The molecule has 0 unspecified atom stereocenters. The van der Waals surface area contributed by atoms with Gasteiger partial charge >= 0.3 is 0 Å². The van der Waals surface area contributed by atoms with E-state index in [9.17, 15) is 9.18 Å². The zero-order chi connectivity index (χ0) is 19.5. The molecule has 0 spiro atoms. The summed E-state index contributed by atoms with van der Waals surface area (Å²) >= 11 is 0. The summed E-state index contributed by atoms with van der Waals surface area (Å²) < 4.78 is 24.4. The molecule has 2 aromatic heterocycles. The lowest BCUT2D eigenvalue weighted by atomic mass is 10.1. The maximum absolute atomic E-state index is 13.3. The molecule has 7 nitrogen and oxygen atoms in total. The molecule has 1 aliphatic rings. The van der Waals surface area contributed by atoms with Gasteiger partial charge in [0.1, 0.15) is 22.7 Å². The van der Waals surface area contributed by atoms with Crippen molar-refractivity contribution in [1.82, 2.24) is 20.0 Å². The number of aromatic nitrogens is 3. The van der Waals surface area contributed by atoms with Crippen molar-refractivity contribution in [2.45, 2.75) is 32.6 Å². The highest BCUT2D eigenvalue weighted by Gasteiger charge is 2.21. The number of aryl methyl sites for hydroxylation is 1. The van der Waals surface area contributed by atoms with Crippen LogP contribution in [-0.4, -0.2) is 45.6 Å². The zero-order valence-electron chi connectivity index (χ0n) is 15.7. The van der Waals surface area contributed by atoms with Crippen LogP contribution in [0.5, 0.6) is 5.88 Å². The summed E-state index contributed by atoms with van der Waals surface area (Å²) in [5.74, 6) is 0.284. The van der Waals surface area contributed by atoms with Gasteiger partial charge in [-0.05, 0) is 44.0 Å². The van der Waals surface area contributed by atoms with E-state index in [-0.39, 0.29) is 29.9 Å². The van der Waals surface area contributed by atoms with Crippen LogP contribution >= 0.6 is 0 Å². The molecule has 146 valence electrons. The number of halogens is 1. The number of hydrogen-bond donors (Lipinski definition) is 0. The highest BCUT2D eigenvalue weighted by atomic mass is 19.1. The standard InChI is InChI=1S/C20H21FN4O3/c1-13-22-19(27-12-16(26)25-10-4-2-3-5-11-25)17-18(24-28-20(17)23-13)14-6-8-15(21)9-7-14/h6-9H,2-5,10-12H2,1H3. The number of likely N-dealkylation sites (tertiary alicyclic amines) is 1. The van der Waals surface area contributed by atoms with Crippen LogP contribution in [0.3, 0.4) is 0 Å². The lowest BCUT2D eigenvalue weighted by molar-refractivity contribution is -0.133. The number of carbonyl (C=O) groups is 1. The van der Waals surface area contributed by atoms with Crippen LogP contribution in [0, 0.1) is 12.7 Å². The van der Waals surface area contributed by atoms with Crippen molar-refractivity contribution >= 4 is 17.0 Å². The van der Waals surface area contributed by atoms with E-state index in [0.717, 1.165) is 38.8 Å². The number of amides is 1. The summed E-state index contributed by atoms with van der Waals surface area (Å²) in [6.45, 7) is 3.12. The van der Waals surface area contributed by atoms with E-state index in [4.69, 9.17) is 9.26 Å².